The van der Waals surface area contributed by atoms with Crippen molar-refractivity contribution in [3.63, 3.8) is 0 Å². The lowest BCUT2D eigenvalue weighted by Gasteiger charge is -2.21. The van der Waals surface area contributed by atoms with E-state index in [4.69, 9.17) is 5.73 Å². The summed E-state index contributed by atoms with van der Waals surface area (Å²) in [5.41, 5.74) is 6.46. The van der Waals surface area contributed by atoms with E-state index in [0.717, 1.165) is 6.54 Å². The number of nitrogens with zero attached hydrogens (tertiary/aromatic N) is 2. The molecule has 0 aliphatic heterocycles. The molecule has 4 heteroatoms. The summed E-state index contributed by atoms with van der Waals surface area (Å²) in [6.45, 7) is 1.08. The van der Waals surface area contributed by atoms with E-state index >= 15 is 0 Å². The maximum atomic E-state index is 12.5. The van der Waals surface area contributed by atoms with Gasteiger partial charge in [-0.05, 0) is 30.9 Å². The van der Waals surface area contributed by atoms with E-state index < -0.39 is 0 Å². The van der Waals surface area contributed by atoms with Gasteiger partial charge in [-0.1, -0.05) is 24.7 Å². The first-order chi connectivity index (χ1) is 9.72. The first kappa shape index (κ1) is 14.5. The van der Waals surface area contributed by atoms with Gasteiger partial charge in [0.2, 0.25) is 0 Å². The Labute approximate surface area is 120 Å². The fraction of sp³-hybridized carbons (Fsp3) is 0.500. The molecule has 1 aliphatic rings. The number of nitrogens with two attached hydrogens (primary N) is 1. The molecular weight excluding hydrogens is 250 g/mol. The third kappa shape index (κ3) is 3.58. The van der Waals surface area contributed by atoms with Crippen molar-refractivity contribution < 1.29 is 4.79 Å². The highest BCUT2D eigenvalue weighted by Crippen LogP contribution is 2.25. The first-order valence-electron chi connectivity index (χ1n) is 7.11. The molecule has 1 amide bonds. The molecule has 0 saturated heterocycles. The summed E-state index contributed by atoms with van der Waals surface area (Å²) in [6.07, 6.45) is 6.64. The number of aromatic nitrogens is 1. The van der Waals surface area contributed by atoms with Crippen molar-refractivity contribution >= 4 is 5.91 Å². The number of carbonyl (C=O) groups is 1. The Morgan fingerprint density at radius 3 is 2.95 bits per heavy atom. The average molecular weight is 271 g/mol. The minimum atomic E-state index is -0.0566. The molecule has 1 fully saturated rings. The zero-order valence-corrected chi connectivity index (χ0v) is 11.9. The van der Waals surface area contributed by atoms with E-state index in [9.17, 15) is 4.79 Å². The third-order valence-electron chi connectivity index (χ3n) is 3.69. The summed E-state index contributed by atoms with van der Waals surface area (Å²) in [6, 6.07) is 3.60. The highest BCUT2D eigenvalue weighted by molar-refractivity contribution is 5.94. The number of rotatable bonds is 3. The van der Waals surface area contributed by atoms with Gasteiger partial charge in [0, 0.05) is 19.8 Å². The van der Waals surface area contributed by atoms with E-state index in [2.05, 4.69) is 16.8 Å². The lowest BCUT2D eigenvalue weighted by molar-refractivity contribution is 0.0767. The van der Waals surface area contributed by atoms with Crippen LogP contribution in [0.2, 0.25) is 0 Å². The Kier molecular flexibility index (Phi) is 5.14. The van der Waals surface area contributed by atoms with Crippen molar-refractivity contribution in [2.24, 2.45) is 11.7 Å². The van der Waals surface area contributed by atoms with Gasteiger partial charge in [0.25, 0.3) is 5.91 Å². The van der Waals surface area contributed by atoms with Gasteiger partial charge < -0.3 is 10.6 Å². The summed E-state index contributed by atoms with van der Waals surface area (Å²) < 4.78 is 0. The summed E-state index contributed by atoms with van der Waals surface area (Å²) in [5, 5.41) is 0. The molecule has 0 bridgehead atoms. The molecule has 0 radical (unpaired) electrons. The largest absolute Gasteiger partial charge is 0.340 e. The van der Waals surface area contributed by atoms with Gasteiger partial charge >= 0.3 is 0 Å². The van der Waals surface area contributed by atoms with Crippen LogP contribution in [0.4, 0.5) is 0 Å². The molecule has 2 N–H and O–H groups in total. The number of hydrogen-bond donors (Lipinski definition) is 1. The molecular formula is C16H21N3O. The smallest absolute Gasteiger partial charge is 0.273 e. The fourth-order valence-electron chi connectivity index (χ4n) is 2.67. The Balaban J connectivity index is 2.11. The van der Waals surface area contributed by atoms with Crippen molar-refractivity contribution in [2.75, 3.05) is 20.1 Å². The first-order valence-corrected chi connectivity index (χ1v) is 7.11. The maximum Gasteiger partial charge on any atom is 0.273 e. The van der Waals surface area contributed by atoms with Crippen LogP contribution in [0.5, 0.6) is 0 Å². The predicted molar refractivity (Wildman–Crippen MR) is 79.1 cm³/mol. The van der Waals surface area contributed by atoms with Crippen molar-refractivity contribution in [1.82, 2.24) is 9.88 Å². The van der Waals surface area contributed by atoms with Gasteiger partial charge in [-0.25, -0.2) is 4.98 Å². The topological polar surface area (TPSA) is 59.2 Å². The van der Waals surface area contributed by atoms with Crippen LogP contribution in [0.15, 0.2) is 18.3 Å². The van der Waals surface area contributed by atoms with Crippen LogP contribution >= 0.6 is 0 Å². The summed E-state index contributed by atoms with van der Waals surface area (Å²) in [5.74, 6) is 6.27. The SMILES string of the molecule is CN(CC1CCCC1)C(=O)c1ncccc1C#CCN. The molecule has 0 unspecified atom stereocenters. The molecule has 1 aliphatic carbocycles. The van der Waals surface area contributed by atoms with Gasteiger partial charge in [-0.15, -0.1) is 0 Å². The highest BCUT2D eigenvalue weighted by atomic mass is 16.2. The number of amides is 1. The molecule has 0 atom stereocenters. The second-order valence-electron chi connectivity index (χ2n) is 5.24. The van der Waals surface area contributed by atoms with Gasteiger partial charge in [0.15, 0.2) is 0 Å². The van der Waals surface area contributed by atoms with Crippen molar-refractivity contribution in [3.8, 4) is 11.8 Å². The van der Waals surface area contributed by atoms with Crippen LogP contribution in [0.25, 0.3) is 0 Å². The standard InChI is InChI=1S/C16H21N3O/c1-19(12-13-6-2-3-7-13)16(20)15-14(8-4-10-17)9-5-11-18-15/h5,9,11,13H,2-3,6-7,10,12,17H2,1H3. The Bertz CT molecular complexity index is 524. The van der Waals surface area contributed by atoms with E-state index in [1.54, 1.807) is 17.2 Å². The van der Waals surface area contributed by atoms with Crippen LogP contribution in [-0.2, 0) is 0 Å². The quantitative estimate of drug-likeness (QED) is 0.850. The zero-order chi connectivity index (χ0) is 14.4. The molecule has 1 aromatic rings. The van der Waals surface area contributed by atoms with Crippen LogP contribution in [0.1, 0.15) is 41.7 Å². The summed E-state index contributed by atoms with van der Waals surface area (Å²) >= 11 is 0. The number of hydrogen-bond acceptors (Lipinski definition) is 3. The van der Waals surface area contributed by atoms with Crippen LogP contribution in [-0.4, -0.2) is 35.9 Å². The van der Waals surface area contributed by atoms with E-state index in [0.29, 0.717) is 17.2 Å². The Morgan fingerprint density at radius 2 is 2.25 bits per heavy atom. The van der Waals surface area contributed by atoms with E-state index in [1.807, 2.05) is 13.1 Å². The average Bonchev–Trinajstić information content (AvgIpc) is 2.97. The molecule has 20 heavy (non-hydrogen) atoms. The van der Waals surface area contributed by atoms with E-state index in [1.165, 1.54) is 25.7 Å². The molecule has 0 spiro atoms. The molecule has 4 nitrogen and oxygen atoms in total. The van der Waals surface area contributed by atoms with Gasteiger partial charge in [-0.3, -0.25) is 4.79 Å². The Morgan fingerprint density at radius 1 is 1.50 bits per heavy atom. The fourth-order valence-corrected chi connectivity index (χ4v) is 2.67. The van der Waals surface area contributed by atoms with Crippen LogP contribution in [0.3, 0.4) is 0 Å². The van der Waals surface area contributed by atoms with Gasteiger partial charge in [0.1, 0.15) is 5.69 Å². The number of carbonyl (C=O) groups excluding carboxylic acids is 1. The van der Waals surface area contributed by atoms with Crippen LogP contribution in [0, 0.1) is 17.8 Å². The molecule has 1 heterocycles. The lowest BCUT2D eigenvalue weighted by atomic mass is 10.1. The lowest BCUT2D eigenvalue weighted by Crippen LogP contribution is -2.32. The summed E-state index contributed by atoms with van der Waals surface area (Å²) in [4.78, 5) is 18.4. The maximum absolute atomic E-state index is 12.5. The minimum Gasteiger partial charge on any atom is -0.340 e. The van der Waals surface area contributed by atoms with Gasteiger partial charge in [-0.2, -0.15) is 0 Å². The molecule has 1 aromatic heterocycles. The second-order valence-corrected chi connectivity index (χ2v) is 5.24. The predicted octanol–water partition coefficient (Wildman–Crippen LogP) is 1.65. The van der Waals surface area contributed by atoms with Crippen molar-refractivity contribution in [2.45, 2.75) is 25.7 Å². The molecule has 106 valence electrons. The minimum absolute atomic E-state index is 0.0566. The number of pyridine rings is 1. The zero-order valence-electron chi connectivity index (χ0n) is 11.9. The molecule has 2 rings (SSSR count). The monoisotopic (exact) mass is 271 g/mol. The van der Waals surface area contributed by atoms with Gasteiger partial charge in [0.05, 0.1) is 12.1 Å². The second kappa shape index (κ2) is 7.06. The van der Waals surface area contributed by atoms with Crippen LogP contribution < -0.4 is 5.73 Å². The molecule has 1 saturated carbocycles. The Hall–Kier alpha value is -1.86. The third-order valence-corrected chi connectivity index (χ3v) is 3.69. The normalized spacial score (nSPS) is 14.7. The highest BCUT2D eigenvalue weighted by Gasteiger charge is 2.22. The van der Waals surface area contributed by atoms with E-state index in [-0.39, 0.29) is 12.5 Å². The van der Waals surface area contributed by atoms with Crippen molar-refractivity contribution in [1.29, 1.82) is 0 Å². The molecule has 0 aromatic carbocycles. The van der Waals surface area contributed by atoms with Crippen molar-refractivity contribution in [3.05, 3.63) is 29.6 Å². The summed E-state index contributed by atoms with van der Waals surface area (Å²) in [7, 11) is 1.84.